The van der Waals surface area contributed by atoms with Crippen molar-refractivity contribution in [2.45, 2.75) is 25.8 Å². The molecule has 0 aliphatic rings. The third-order valence-electron chi connectivity index (χ3n) is 3.16. The Hall–Kier alpha value is -1.39. The average Bonchev–Trinajstić information content (AvgIpc) is 2.45. The molecule has 0 aromatic heterocycles. The highest BCUT2D eigenvalue weighted by Gasteiger charge is 2.02. The summed E-state index contributed by atoms with van der Waals surface area (Å²) in [7, 11) is 4.02. The summed E-state index contributed by atoms with van der Waals surface area (Å²) in [5.41, 5.74) is 1.33. The summed E-state index contributed by atoms with van der Waals surface area (Å²) < 4.78 is 0. The fraction of sp³-hybridized carbons (Fsp3) is 0.562. The van der Waals surface area contributed by atoms with Crippen molar-refractivity contribution < 1.29 is 4.79 Å². The van der Waals surface area contributed by atoms with Crippen molar-refractivity contribution in [3.63, 3.8) is 0 Å². The van der Waals surface area contributed by atoms with E-state index in [4.69, 9.17) is 0 Å². The number of hydrogen-bond donors (Lipinski definition) is 2. The largest absolute Gasteiger partial charge is 0.356 e. The van der Waals surface area contributed by atoms with Crippen LogP contribution < -0.4 is 10.6 Å². The smallest absolute Gasteiger partial charge is 0.220 e. The van der Waals surface area contributed by atoms with Crippen molar-refractivity contribution in [2.24, 2.45) is 0 Å². The number of nitrogens with one attached hydrogen (secondary N) is 2. The number of amides is 1. The molecular formula is C16H27N3O. The van der Waals surface area contributed by atoms with Crippen LogP contribution in [0.5, 0.6) is 0 Å². The van der Waals surface area contributed by atoms with Crippen LogP contribution in [0.1, 0.15) is 24.8 Å². The fourth-order valence-corrected chi connectivity index (χ4v) is 2.07. The zero-order chi connectivity index (χ0) is 14.6. The Bertz CT molecular complexity index is 367. The summed E-state index contributed by atoms with van der Waals surface area (Å²) >= 11 is 0. The quantitative estimate of drug-likeness (QED) is 0.639. The lowest BCUT2D eigenvalue weighted by atomic mass is 10.2. The highest BCUT2D eigenvalue weighted by molar-refractivity contribution is 5.75. The second kappa shape index (κ2) is 10.4. The van der Waals surface area contributed by atoms with Crippen molar-refractivity contribution in [1.29, 1.82) is 0 Å². The van der Waals surface area contributed by atoms with Crippen LogP contribution in [-0.4, -0.2) is 44.5 Å². The molecule has 0 saturated heterocycles. The van der Waals surface area contributed by atoms with Gasteiger partial charge in [0.2, 0.25) is 5.91 Å². The second-order valence-corrected chi connectivity index (χ2v) is 5.13. The SMILES string of the molecule is CNCCCC(=O)NCCCN(C)Cc1ccccc1. The summed E-state index contributed by atoms with van der Waals surface area (Å²) in [6, 6.07) is 10.4. The number of nitrogens with zero attached hydrogens (tertiary/aromatic N) is 1. The Morgan fingerprint density at radius 1 is 1.15 bits per heavy atom. The normalized spacial score (nSPS) is 10.8. The van der Waals surface area contributed by atoms with Gasteiger partial charge < -0.3 is 15.5 Å². The van der Waals surface area contributed by atoms with Gasteiger partial charge in [0.1, 0.15) is 0 Å². The third kappa shape index (κ3) is 7.92. The molecule has 4 nitrogen and oxygen atoms in total. The first-order chi connectivity index (χ1) is 9.72. The molecule has 0 aliphatic heterocycles. The third-order valence-corrected chi connectivity index (χ3v) is 3.16. The molecular weight excluding hydrogens is 250 g/mol. The van der Waals surface area contributed by atoms with Gasteiger partial charge in [-0.3, -0.25) is 4.79 Å². The summed E-state index contributed by atoms with van der Waals surface area (Å²) in [6.07, 6.45) is 2.50. The maximum Gasteiger partial charge on any atom is 0.220 e. The monoisotopic (exact) mass is 277 g/mol. The Morgan fingerprint density at radius 3 is 2.60 bits per heavy atom. The minimum absolute atomic E-state index is 0.158. The van der Waals surface area contributed by atoms with Gasteiger partial charge in [0.15, 0.2) is 0 Å². The summed E-state index contributed by atoms with van der Waals surface area (Å²) in [5.74, 6) is 0.158. The molecule has 1 rings (SSSR count). The van der Waals surface area contributed by atoms with Crippen LogP contribution in [0, 0.1) is 0 Å². The Kier molecular flexibility index (Phi) is 8.67. The average molecular weight is 277 g/mol. The maximum atomic E-state index is 11.5. The van der Waals surface area contributed by atoms with Crippen LogP contribution in [0.4, 0.5) is 0 Å². The molecule has 112 valence electrons. The van der Waals surface area contributed by atoms with Crippen LogP contribution in [0.25, 0.3) is 0 Å². The van der Waals surface area contributed by atoms with Gasteiger partial charge >= 0.3 is 0 Å². The Morgan fingerprint density at radius 2 is 1.90 bits per heavy atom. The molecule has 0 atom stereocenters. The van der Waals surface area contributed by atoms with Gasteiger partial charge in [-0.25, -0.2) is 0 Å². The number of benzene rings is 1. The van der Waals surface area contributed by atoms with Gasteiger partial charge in [-0.05, 0) is 45.6 Å². The number of carbonyl (C=O) groups is 1. The van der Waals surface area contributed by atoms with E-state index in [2.05, 4.69) is 46.8 Å². The molecule has 1 aromatic carbocycles. The topological polar surface area (TPSA) is 44.4 Å². The van der Waals surface area contributed by atoms with E-state index in [9.17, 15) is 4.79 Å². The van der Waals surface area contributed by atoms with E-state index in [-0.39, 0.29) is 5.91 Å². The van der Waals surface area contributed by atoms with Crippen molar-refractivity contribution in [2.75, 3.05) is 33.7 Å². The van der Waals surface area contributed by atoms with E-state index in [1.54, 1.807) is 0 Å². The lowest BCUT2D eigenvalue weighted by Crippen LogP contribution is -2.28. The van der Waals surface area contributed by atoms with E-state index in [0.29, 0.717) is 6.42 Å². The number of rotatable bonds is 10. The molecule has 2 N–H and O–H groups in total. The summed E-state index contributed by atoms with van der Waals surface area (Å²) in [5, 5.41) is 6.01. The van der Waals surface area contributed by atoms with Crippen LogP contribution in [0.2, 0.25) is 0 Å². The van der Waals surface area contributed by atoms with Crippen molar-refractivity contribution >= 4 is 5.91 Å². The van der Waals surface area contributed by atoms with Crippen molar-refractivity contribution in [1.82, 2.24) is 15.5 Å². The van der Waals surface area contributed by atoms with Crippen molar-refractivity contribution in [3.05, 3.63) is 35.9 Å². The highest BCUT2D eigenvalue weighted by atomic mass is 16.1. The molecule has 0 saturated carbocycles. The molecule has 0 spiro atoms. The fourth-order valence-electron chi connectivity index (χ4n) is 2.07. The van der Waals surface area contributed by atoms with Crippen molar-refractivity contribution in [3.8, 4) is 0 Å². The van der Waals surface area contributed by atoms with Gasteiger partial charge in [-0.15, -0.1) is 0 Å². The van der Waals surface area contributed by atoms with Gasteiger partial charge in [-0.1, -0.05) is 30.3 Å². The zero-order valence-electron chi connectivity index (χ0n) is 12.7. The lowest BCUT2D eigenvalue weighted by molar-refractivity contribution is -0.121. The Labute approximate surface area is 122 Å². The van der Waals surface area contributed by atoms with Crippen LogP contribution in [0.15, 0.2) is 30.3 Å². The molecule has 20 heavy (non-hydrogen) atoms. The molecule has 0 aliphatic carbocycles. The first kappa shape index (κ1) is 16.7. The molecule has 0 unspecified atom stereocenters. The zero-order valence-corrected chi connectivity index (χ0v) is 12.7. The van der Waals surface area contributed by atoms with E-state index < -0.39 is 0 Å². The summed E-state index contributed by atoms with van der Waals surface area (Å²) in [4.78, 5) is 13.8. The molecule has 4 heteroatoms. The van der Waals surface area contributed by atoms with E-state index >= 15 is 0 Å². The standard InChI is InChI=1S/C16H27N3O/c1-17-11-6-10-16(20)18-12-7-13-19(2)14-15-8-4-3-5-9-15/h3-5,8-9,17H,6-7,10-14H2,1-2H3,(H,18,20). The van der Waals surface area contributed by atoms with E-state index in [1.807, 2.05) is 13.1 Å². The molecule has 0 heterocycles. The first-order valence-corrected chi connectivity index (χ1v) is 7.36. The van der Waals surface area contributed by atoms with Gasteiger partial charge in [0.05, 0.1) is 0 Å². The summed E-state index contributed by atoms with van der Waals surface area (Å²) in [6.45, 7) is 3.60. The highest BCUT2D eigenvalue weighted by Crippen LogP contribution is 2.02. The van der Waals surface area contributed by atoms with Gasteiger partial charge in [0, 0.05) is 19.5 Å². The van der Waals surface area contributed by atoms with E-state index in [1.165, 1.54) is 5.56 Å². The van der Waals surface area contributed by atoms with Crippen LogP contribution in [0.3, 0.4) is 0 Å². The minimum atomic E-state index is 0.158. The molecule has 0 radical (unpaired) electrons. The van der Waals surface area contributed by atoms with Gasteiger partial charge in [0.25, 0.3) is 0 Å². The predicted molar refractivity (Wildman–Crippen MR) is 83.6 cm³/mol. The minimum Gasteiger partial charge on any atom is -0.356 e. The maximum absolute atomic E-state index is 11.5. The molecule has 0 bridgehead atoms. The number of hydrogen-bond acceptors (Lipinski definition) is 3. The van der Waals surface area contributed by atoms with Gasteiger partial charge in [-0.2, -0.15) is 0 Å². The lowest BCUT2D eigenvalue weighted by Gasteiger charge is -2.16. The van der Waals surface area contributed by atoms with Crippen LogP contribution >= 0.6 is 0 Å². The molecule has 1 amide bonds. The van der Waals surface area contributed by atoms with Crippen LogP contribution in [-0.2, 0) is 11.3 Å². The first-order valence-electron chi connectivity index (χ1n) is 7.36. The predicted octanol–water partition coefficient (Wildman–Crippen LogP) is 1.62. The second-order valence-electron chi connectivity index (χ2n) is 5.13. The Balaban J connectivity index is 2.04. The number of carbonyl (C=O) groups excluding carboxylic acids is 1. The molecule has 1 aromatic rings. The molecule has 0 fully saturated rings. The van der Waals surface area contributed by atoms with E-state index in [0.717, 1.165) is 39.0 Å².